The molecule has 2 aromatic rings. The van der Waals surface area contributed by atoms with Gasteiger partial charge in [0.25, 0.3) is 0 Å². The van der Waals surface area contributed by atoms with Crippen LogP contribution >= 0.6 is 0 Å². The quantitative estimate of drug-likeness (QED) is 0.662. The lowest BCUT2D eigenvalue weighted by atomic mass is 10.2. The highest BCUT2D eigenvalue weighted by molar-refractivity contribution is 5.85. The molecule has 0 unspecified atom stereocenters. The summed E-state index contributed by atoms with van der Waals surface area (Å²) in [4.78, 5) is 11.8. The molecule has 0 fully saturated rings. The molecule has 1 aliphatic rings. The number of rotatable bonds is 0. The molecule has 94 valence electrons. The number of hydrogen-bond acceptors (Lipinski definition) is 5. The minimum absolute atomic E-state index is 0.124. The summed E-state index contributed by atoms with van der Waals surface area (Å²) in [5.74, 6) is 0.562. The van der Waals surface area contributed by atoms with Crippen molar-refractivity contribution in [2.75, 3.05) is 26.4 Å². The topological polar surface area (TPSA) is 57.9 Å². The van der Waals surface area contributed by atoms with Gasteiger partial charge in [-0.3, -0.25) is 0 Å². The molecule has 0 amide bonds. The van der Waals surface area contributed by atoms with Crippen molar-refractivity contribution in [2.45, 2.75) is 0 Å². The number of fused-ring (bicyclic) bond motifs is 3. The molecule has 5 nitrogen and oxygen atoms in total. The van der Waals surface area contributed by atoms with E-state index >= 15 is 0 Å². The molecule has 0 atom stereocenters. The highest BCUT2D eigenvalue weighted by atomic mass is 16.6. The van der Waals surface area contributed by atoms with Crippen LogP contribution < -0.4 is 15.1 Å². The van der Waals surface area contributed by atoms with Gasteiger partial charge in [0, 0.05) is 0 Å². The van der Waals surface area contributed by atoms with E-state index in [9.17, 15) is 4.79 Å². The van der Waals surface area contributed by atoms with Crippen LogP contribution in [0.15, 0.2) is 33.5 Å². The van der Waals surface area contributed by atoms with Crippen LogP contribution in [0.2, 0.25) is 0 Å². The minimum atomic E-state index is -0.523. The minimum Gasteiger partial charge on any atom is -0.486 e. The van der Waals surface area contributed by atoms with E-state index in [1.807, 2.05) is 12.1 Å². The second-order valence-electron chi connectivity index (χ2n) is 3.85. The Labute approximate surface area is 103 Å². The predicted octanol–water partition coefficient (Wildman–Crippen LogP) is 1.58. The van der Waals surface area contributed by atoms with E-state index in [0.29, 0.717) is 37.8 Å². The normalized spacial score (nSPS) is 15.8. The summed E-state index contributed by atoms with van der Waals surface area (Å²) < 4.78 is 21.4. The fourth-order valence-corrected chi connectivity index (χ4v) is 1.88. The third-order valence-electron chi connectivity index (χ3n) is 2.67. The highest BCUT2D eigenvalue weighted by Crippen LogP contribution is 2.32. The second-order valence-corrected chi connectivity index (χ2v) is 3.85. The standard InChI is InChI=1S/C13H12O5/c14-13-12-11(16-7-5-15-6-8-17-12)9-3-1-2-4-10(9)18-13/h1-4H,5-8H2. The molecule has 1 aromatic carbocycles. The van der Waals surface area contributed by atoms with Crippen LogP contribution in [0.4, 0.5) is 0 Å². The van der Waals surface area contributed by atoms with Crippen molar-refractivity contribution < 1.29 is 18.6 Å². The third-order valence-corrected chi connectivity index (χ3v) is 2.67. The molecule has 1 aromatic heterocycles. The van der Waals surface area contributed by atoms with Crippen LogP contribution in [0.25, 0.3) is 11.0 Å². The van der Waals surface area contributed by atoms with Gasteiger partial charge in [-0.25, -0.2) is 4.79 Å². The summed E-state index contributed by atoms with van der Waals surface area (Å²) in [6.45, 7) is 1.58. The monoisotopic (exact) mass is 248 g/mol. The van der Waals surface area contributed by atoms with E-state index in [2.05, 4.69) is 0 Å². The largest absolute Gasteiger partial charge is 0.486 e. The van der Waals surface area contributed by atoms with Gasteiger partial charge in [-0.2, -0.15) is 0 Å². The zero-order valence-corrected chi connectivity index (χ0v) is 9.68. The first-order valence-corrected chi connectivity index (χ1v) is 5.75. The van der Waals surface area contributed by atoms with E-state index < -0.39 is 5.63 Å². The lowest BCUT2D eigenvalue weighted by Crippen LogP contribution is -2.11. The molecule has 0 aliphatic carbocycles. The zero-order chi connectivity index (χ0) is 12.4. The van der Waals surface area contributed by atoms with Gasteiger partial charge in [0.15, 0.2) is 5.75 Å². The molecule has 0 N–H and O–H groups in total. The van der Waals surface area contributed by atoms with Crippen LogP contribution in [-0.4, -0.2) is 26.4 Å². The lowest BCUT2D eigenvalue weighted by molar-refractivity contribution is 0.0875. The molecule has 2 heterocycles. The maximum atomic E-state index is 11.8. The number of ether oxygens (including phenoxy) is 3. The van der Waals surface area contributed by atoms with Gasteiger partial charge in [-0.1, -0.05) is 12.1 Å². The Hall–Kier alpha value is -2.01. The van der Waals surface area contributed by atoms with Crippen molar-refractivity contribution >= 4 is 11.0 Å². The van der Waals surface area contributed by atoms with Gasteiger partial charge in [0.1, 0.15) is 18.8 Å². The average molecular weight is 248 g/mol. The highest BCUT2D eigenvalue weighted by Gasteiger charge is 2.18. The Morgan fingerprint density at radius 3 is 2.44 bits per heavy atom. The third kappa shape index (κ3) is 1.93. The molecule has 0 bridgehead atoms. The fraction of sp³-hybridized carbons (Fsp3) is 0.308. The summed E-state index contributed by atoms with van der Waals surface area (Å²) in [5.41, 5.74) is -0.0318. The Bertz CT molecular complexity index is 616. The molecular weight excluding hydrogens is 236 g/mol. The van der Waals surface area contributed by atoms with E-state index in [1.165, 1.54) is 0 Å². The molecule has 0 radical (unpaired) electrons. The van der Waals surface area contributed by atoms with Crippen LogP contribution in [0, 0.1) is 0 Å². The van der Waals surface area contributed by atoms with Crippen LogP contribution in [0.3, 0.4) is 0 Å². The van der Waals surface area contributed by atoms with Crippen molar-refractivity contribution in [1.29, 1.82) is 0 Å². The van der Waals surface area contributed by atoms with Gasteiger partial charge >= 0.3 is 5.63 Å². The summed E-state index contributed by atoms with van der Waals surface area (Å²) >= 11 is 0. The van der Waals surface area contributed by atoms with Crippen LogP contribution in [0.5, 0.6) is 11.5 Å². The molecule has 5 heteroatoms. The Morgan fingerprint density at radius 2 is 1.61 bits per heavy atom. The average Bonchev–Trinajstić information content (AvgIpc) is 2.51. The smallest absolute Gasteiger partial charge is 0.383 e. The van der Waals surface area contributed by atoms with Crippen molar-refractivity contribution in [3.8, 4) is 11.5 Å². The van der Waals surface area contributed by atoms with E-state index in [-0.39, 0.29) is 5.75 Å². The summed E-state index contributed by atoms with van der Waals surface area (Å²) in [5, 5.41) is 0.731. The molecule has 18 heavy (non-hydrogen) atoms. The Balaban J connectivity index is 2.22. The first-order valence-electron chi connectivity index (χ1n) is 5.75. The molecule has 1 aliphatic heterocycles. The summed E-state index contributed by atoms with van der Waals surface area (Å²) in [6, 6.07) is 7.22. The number of para-hydroxylation sites is 1. The SMILES string of the molecule is O=c1oc2ccccc2c2c1OCCOCCO2. The fourth-order valence-electron chi connectivity index (χ4n) is 1.88. The van der Waals surface area contributed by atoms with Gasteiger partial charge < -0.3 is 18.6 Å². The molecule has 0 spiro atoms. The van der Waals surface area contributed by atoms with Gasteiger partial charge in [-0.15, -0.1) is 0 Å². The van der Waals surface area contributed by atoms with Gasteiger partial charge in [0.2, 0.25) is 5.75 Å². The molecular formula is C13H12O5. The zero-order valence-electron chi connectivity index (χ0n) is 9.68. The van der Waals surface area contributed by atoms with E-state index in [4.69, 9.17) is 18.6 Å². The predicted molar refractivity (Wildman–Crippen MR) is 64.3 cm³/mol. The maximum absolute atomic E-state index is 11.8. The van der Waals surface area contributed by atoms with Crippen LogP contribution in [0.1, 0.15) is 0 Å². The van der Waals surface area contributed by atoms with Crippen molar-refractivity contribution in [3.05, 3.63) is 34.7 Å². The molecule has 0 saturated carbocycles. The first-order chi connectivity index (χ1) is 8.86. The van der Waals surface area contributed by atoms with Crippen molar-refractivity contribution in [1.82, 2.24) is 0 Å². The molecule has 0 saturated heterocycles. The van der Waals surface area contributed by atoms with Crippen molar-refractivity contribution in [2.24, 2.45) is 0 Å². The Kier molecular flexibility index (Phi) is 2.90. The van der Waals surface area contributed by atoms with E-state index in [0.717, 1.165) is 5.39 Å². The van der Waals surface area contributed by atoms with Gasteiger partial charge in [0.05, 0.1) is 18.6 Å². The van der Waals surface area contributed by atoms with E-state index in [1.54, 1.807) is 12.1 Å². The summed E-state index contributed by atoms with van der Waals surface area (Å²) in [6.07, 6.45) is 0. The van der Waals surface area contributed by atoms with Crippen LogP contribution in [-0.2, 0) is 4.74 Å². The molecule has 3 rings (SSSR count). The Morgan fingerprint density at radius 1 is 0.889 bits per heavy atom. The van der Waals surface area contributed by atoms with Crippen molar-refractivity contribution in [3.63, 3.8) is 0 Å². The second kappa shape index (κ2) is 4.70. The summed E-state index contributed by atoms with van der Waals surface area (Å²) in [7, 11) is 0. The van der Waals surface area contributed by atoms with Gasteiger partial charge in [-0.05, 0) is 12.1 Å². The lowest BCUT2D eigenvalue weighted by Gasteiger charge is -2.10. The number of benzene rings is 1. The number of hydrogen-bond donors (Lipinski definition) is 0. The maximum Gasteiger partial charge on any atom is 0.383 e. The first kappa shape index (κ1) is 11.1.